The summed E-state index contributed by atoms with van der Waals surface area (Å²) in [7, 11) is 0. The van der Waals surface area contributed by atoms with Crippen molar-refractivity contribution in [2.45, 2.75) is 57.3 Å². The van der Waals surface area contributed by atoms with E-state index in [2.05, 4.69) is 37.3 Å². The Bertz CT molecular complexity index is 1290. The van der Waals surface area contributed by atoms with Crippen molar-refractivity contribution in [1.82, 2.24) is 19.6 Å². The molecule has 5 heteroatoms. The molecule has 0 aliphatic heterocycles. The average molecular weight is 425 g/mol. The van der Waals surface area contributed by atoms with Gasteiger partial charge >= 0.3 is 0 Å². The van der Waals surface area contributed by atoms with Crippen LogP contribution in [-0.2, 0) is 11.8 Å². The van der Waals surface area contributed by atoms with Crippen molar-refractivity contribution in [3.63, 3.8) is 0 Å². The molecule has 32 heavy (non-hydrogen) atoms. The van der Waals surface area contributed by atoms with E-state index in [1.165, 1.54) is 42.4 Å². The van der Waals surface area contributed by atoms with Gasteiger partial charge in [-0.1, -0.05) is 62.6 Å². The Balaban J connectivity index is 1.48. The van der Waals surface area contributed by atoms with Crippen LogP contribution < -0.4 is 4.74 Å². The van der Waals surface area contributed by atoms with Gasteiger partial charge in [0.2, 0.25) is 0 Å². The van der Waals surface area contributed by atoms with Crippen molar-refractivity contribution in [1.29, 1.82) is 0 Å². The summed E-state index contributed by atoms with van der Waals surface area (Å²) in [5.41, 5.74) is 7.11. The Labute approximate surface area is 188 Å². The summed E-state index contributed by atoms with van der Waals surface area (Å²) in [4.78, 5) is 10.00. The fraction of sp³-hybridized carbons (Fsp3) is 0.370. The number of benzene rings is 2. The van der Waals surface area contributed by atoms with Crippen LogP contribution in [0.5, 0.6) is 5.75 Å². The van der Waals surface area contributed by atoms with Crippen LogP contribution in [0.3, 0.4) is 0 Å². The first-order chi connectivity index (χ1) is 15.8. The number of ether oxygens (including phenoxy) is 1. The molecule has 2 aliphatic carbocycles. The lowest BCUT2D eigenvalue weighted by atomic mass is 9.68. The van der Waals surface area contributed by atoms with Gasteiger partial charge in [0.25, 0.3) is 0 Å². The smallest absolute Gasteiger partial charge is 0.182 e. The van der Waals surface area contributed by atoms with E-state index in [9.17, 15) is 0 Å². The van der Waals surface area contributed by atoms with E-state index in [0.717, 1.165) is 54.3 Å². The van der Waals surface area contributed by atoms with Gasteiger partial charge in [-0.25, -0.2) is 14.5 Å². The molecule has 1 saturated carbocycles. The molecule has 0 N–H and O–H groups in total. The summed E-state index contributed by atoms with van der Waals surface area (Å²) < 4.78 is 7.80. The standard InChI is InChI=1S/C27H28N4O/c1-2-3-15-32-21-11-8-10-19(16-21)25-29-26-23-24(28-18-31(26)30-25)22-12-5-4-9-20(22)17-27(23)13-6-7-14-27/h4-5,8-12,16,18H,2-3,6-7,13-15,17H2,1H3. The van der Waals surface area contributed by atoms with E-state index in [1.807, 2.05) is 29.0 Å². The van der Waals surface area contributed by atoms with Gasteiger partial charge in [0.1, 0.15) is 12.1 Å². The maximum absolute atomic E-state index is 5.91. The number of aromatic nitrogens is 4. The molecule has 2 heterocycles. The Kier molecular flexibility index (Phi) is 4.71. The van der Waals surface area contributed by atoms with Crippen LogP contribution in [0.4, 0.5) is 0 Å². The van der Waals surface area contributed by atoms with Crippen LogP contribution in [0.25, 0.3) is 28.3 Å². The molecule has 0 atom stereocenters. The van der Waals surface area contributed by atoms with Gasteiger partial charge in [-0.15, -0.1) is 5.10 Å². The van der Waals surface area contributed by atoms with Gasteiger partial charge < -0.3 is 4.74 Å². The molecule has 2 aromatic carbocycles. The van der Waals surface area contributed by atoms with E-state index in [-0.39, 0.29) is 5.41 Å². The fourth-order valence-electron chi connectivity index (χ4n) is 5.57. The maximum atomic E-state index is 5.91. The average Bonchev–Trinajstić information content (AvgIpc) is 3.47. The van der Waals surface area contributed by atoms with Crippen molar-refractivity contribution in [3.05, 3.63) is 66.0 Å². The third-order valence-corrected chi connectivity index (χ3v) is 7.14. The van der Waals surface area contributed by atoms with Crippen LogP contribution in [0, 0.1) is 0 Å². The zero-order chi connectivity index (χ0) is 21.5. The first-order valence-corrected chi connectivity index (χ1v) is 11.8. The van der Waals surface area contributed by atoms with Crippen molar-refractivity contribution in [3.8, 4) is 28.4 Å². The number of rotatable bonds is 5. The van der Waals surface area contributed by atoms with Gasteiger partial charge in [0.15, 0.2) is 11.5 Å². The molecule has 0 unspecified atom stereocenters. The minimum Gasteiger partial charge on any atom is -0.494 e. The van der Waals surface area contributed by atoms with Crippen LogP contribution >= 0.6 is 0 Å². The monoisotopic (exact) mass is 424 g/mol. The first-order valence-electron chi connectivity index (χ1n) is 11.8. The minimum absolute atomic E-state index is 0.120. The highest BCUT2D eigenvalue weighted by atomic mass is 16.5. The van der Waals surface area contributed by atoms with Crippen LogP contribution in [0.15, 0.2) is 54.9 Å². The molecule has 0 radical (unpaired) electrons. The van der Waals surface area contributed by atoms with Crippen molar-refractivity contribution in [2.75, 3.05) is 6.61 Å². The molecule has 6 rings (SSSR count). The maximum Gasteiger partial charge on any atom is 0.182 e. The van der Waals surface area contributed by atoms with Crippen molar-refractivity contribution in [2.24, 2.45) is 0 Å². The highest BCUT2D eigenvalue weighted by Gasteiger charge is 2.43. The van der Waals surface area contributed by atoms with Crippen LogP contribution in [0.2, 0.25) is 0 Å². The first kappa shape index (κ1) is 19.5. The molecule has 2 aliphatic rings. The van der Waals surface area contributed by atoms with Gasteiger partial charge in [-0.3, -0.25) is 0 Å². The third-order valence-electron chi connectivity index (χ3n) is 7.14. The SMILES string of the molecule is CCCCOc1cccc(-c2nc3c4c(ncn3n2)-c2ccccc2CC42CCCC2)c1. The minimum atomic E-state index is 0.120. The zero-order valence-electron chi connectivity index (χ0n) is 18.6. The highest BCUT2D eigenvalue weighted by molar-refractivity contribution is 5.78. The molecule has 1 spiro atoms. The van der Waals surface area contributed by atoms with Gasteiger partial charge in [0, 0.05) is 22.1 Å². The largest absolute Gasteiger partial charge is 0.494 e. The summed E-state index contributed by atoms with van der Waals surface area (Å²) in [6.45, 7) is 2.91. The third kappa shape index (κ3) is 3.10. The van der Waals surface area contributed by atoms with Gasteiger partial charge in [-0.05, 0) is 43.4 Å². The Morgan fingerprint density at radius 2 is 1.94 bits per heavy atom. The molecule has 0 saturated heterocycles. The van der Waals surface area contributed by atoms with E-state index in [0.29, 0.717) is 0 Å². The molecule has 4 aromatic rings. The number of hydrogen-bond acceptors (Lipinski definition) is 4. The second kappa shape index (κ2) is 7.73. The summed E-state index contributed by atoms with van der Waals surface area (Å²) >= 11 is 0. The second-order valence-corrected chi connectivity index (χ2v) is 9.22. The highest BCUT2D eigenvalue weighted by Crippen LogP contribution is 2.52. The van der Waals surface area contributed by atoms with Crippen molar-refractivity contribution < 1.29 is 4.74 Å². The zero-order valence-corrected chi connectivity index (χ0v) is 18.6. The van der Waals surface area contributed by atoms with E-state index in [1.54, 1.807) is 0 Å². The molecule has 1 fully saturated rings. The number of nitrogens with zero attached hydrogens (tertiary/aromatic N) is 4. The Hall–Kier alpha value is -3.21. The van der Waals surface area contributed by atoms with E-state index in [4.69, 9.17) is 19.8 Å². The summed E-state index contributed by atoms with van der Waals surface area (Å²) in [6, 6.07) is 16.9. The predicted octanol–water partition coefficient (Wildman–Crippen LogP) is 6.01. The second-order valence-electron chi connectivity index (χ2n) is 9.22. The van der Waals surface area contributed by atoms with Crippen LogP contribution in [0.1, 0.15) is 56.6 Å². The molecule has 2 aromatic heterocycles. The predicted molar refractivity (Wildman–Crippen MR) is 126 cm³/mol. The molecular weight excluding hydrogens is 396 g/mol. The molecule has 162 valence electrons. The summed E-state index contributed by atoms with van der Waals surface area (Å²) in [6.07, 6.45) is 9.99. The lowest BCUT2D eigenvalue weighted by Gasteiger charge is -2.36. The molecule has 0 amide bonds. The fourth-order valence-corrected chi connectivity index (χ4v) is 5.57. The number of unbranched alkanes of at least 4 members (excludes halogenated alkanes) is 1. The lowest BCUT2D eigenvalue weighted by molar-refractivity contribution is 0.309. The topological polar surface area (TPSA) is 52.3 Å². The molecule has 0 bridgehead atoms. The molecule has 5 nitrogen and oxygen atoms in total. The van der Waals surface area contributed by atoms with Gasteiger partial charge in [-0.2, -0.15) is 0 Å². The van der Waals surface area contributed by atoms with Gasteiger partial charge in [0.05, 0.1) is 12.3 Å². The van der Waals surface area contributed by atoms with E-state index < -0.39 is 0 Å². The Morgan fingerprint density at radius 1 is 1.06 bits per heavy atom. The number of fused-ring (bicyclic) bond motifs is 6. The van der Waals surface area contributed by atoms with E-state index >= 15 is 0 Å². The summed E-state index contributed by atoms with van der Waals surface area (Å²) in [5, 5.41) is 4.83. The molecular formula is C27H28N4O. The quantitative estimate of drug-likeness (QED) is 0.368. The Morgan fingerprint density at radius 3 is 2.81 bits per heavy atom. The number of hydrogen-bond donors (Lipinski definition) is 0. The normalized spacial score (nSPS) is 16.3. The lowest BCUT2D eigenvalue weighted by Crippen LogP contribution is -2.31. The van der Waals surface area contributed by atoms with Crippen molar-refractivity contribution >= 4 is 5.65 Å². The summed E-state index contributed by atoms with van der Waals surface area (Å²) in [5.74, 6) is 1.60. The van der Waals surface area contributed by atoms with Crippen LogP contribution in [-0.4, -0.2) is 26.2 Å².